The minimum atomic E-state index is -0.239. The van der Waals surface area contributed by atoms with Crippen molar-refractivity contribution in [2.24, 2.45) is 0 Å². The molecule has 0 aromatic heterocycles. The molecule has 0 saturated carbocycles. The van der Waals surface area contributed by atoms with E-state index >= 15 is 0 Å². The van der Waals surface area contributed by atoms with Crippen molar-refractivity contribution in [1.29, 1.82) is 0 Å². The third kappa shape index (κ3) is 3.89. The van der Waals surface area contributed by atoms with Gasteiger partial charge in [0, 0.05) is 6.92 Å². The molecule has 0 radical (unpaired) electrons. The van der Waals surface area contributed by atoms with Gasteiger partial charge >= 0.3 is 5.97 Å². The zero-order chi connectivity index (χ0) is 12.0. The number of ether oxygens (including phenoxy) is 1. The lowest BCUT2D eigenvalue weighted by atomic mass is 10.0. The van der Waals surface area contributed by atoms with Crippen molar-refractivity contribution in [2.75, 3.05) is 6.61 Å². The van der Waals surface area contributed by atoms with E-state index in [9.17, 15) is 4.79 Å². The molecule has 0 aliphatic heterocycles. The number of rotatable bonds is 4. The van der Waals surface area contributed by atoms with E-state index in [1.807, 2.05) is 19.1 Å². The van der Waals surface area contributed by atoms with Gasteiger partial charge in [0.05, 0.1) is 0 Å². The van der Waals surface area contributed by atoms with Gasteiger partial charge in [-0.3, -0.25) is 4.79 Å². The van der Waals surface area contributed by atoms with Crippen LogP contribution in [0.25, 0.3) is 6.08 Å². The second-order valence-corrected chi connectivity index (χ2v) is 3.82. The summed E-state index contributed by atoms with van der Waals surface area (Å²) >= 11 is 0. The molecule has 2 heteroatoms. The lowest BCUT2D eigenvalue weighted by Crippen LogP contribution is -2.01. The zero-order valence-electron chi connectivity index (χ0n) is 10.1. The third-order valence-electron chi connectivity index (χ3n) is 2.34. The molecular formula is C14H18O2. The molecule has 0 spiro atoms. The molecule has 0 fully saturated rings. The predicted molar refractivity (Wildman–Crippen MR) is 66.1 cm³/mol. The fourth-order valence-electron chi connectivity index (χ4n) is 1.52. The highest BCUT2D eigenvalue weighted by Crippen LogP contribution is 2.13. The maximum Gasteiger partial charge on any atom is 0.302 e. The van der Waals surface area contributed by atoms with Crippen molar-refractivity contribution in [3.8, 4) is 0 Å². The number of hydrogen-bond acceptors (Lipinski definition) is 2. The molecule has 0 amide bonds. The van der Waals surface area contributed by atoms with Crippen LogP contribution in [0.1, 0.15) is 31.9 Å². The maximum absolute atomic E-state index is 10.7. The summed E-state index contributed by atoms with van der Waals surface area (Å²) in [6.07, 6.45) is 3.08. The normalized spacial score (nSPS) is 11.3. The number of carbonyl (C=O) groups excluding carboxylic acids is 1. The Morgan fingerprint density at radius 3 is 2.62 bits per heavy atom. The standard InChI is InChI=1S/C14H18O2/c1-4-13-7-5-6-8-14(13)9-11(2)10-16-12(3)15/h5-9H,4,10H2,1-3H3/b11-9+. The second kappa shape index (κ2) is 6.11. The molecule has 86 valence electrons. The van der Waals surface area contributed by atoms with E-state index in [0.29, 0.717) is 6.61 Å². The first-order chi connectivity index (χ1) is 7.63. The van der Waals surface area contributed by atoms with Crippen LogP contribution in [0.3, 0.4) is 0 Å². The summed E-state index contributed by atoms with van der Waals surface area (Å²) in [7, 11) is 0. The van der Waals surface area contributed by atoms with Crippen LogP contribution >= 0.6 is 0 Å². The van der Waals surface area contributed by atoms with Crippen LogP contribution in [0.2, 0.25) is 0 Å². The summed E-state index contributed by atoms with van der Waals surface area (Å²) in [5.41, 5.74) is 3.57. The second-order valence-electron chi connectivity index (χ2n) is 3.82. The maximum atomic E-state index is 10.7. The van der Waals surface area contributed by atoms with Crippen molar-refractivity contribution >= 4 is 12.0 Å². The largest absolute Gasteiger partial charge is 0.461 e. The first kappa shape index (κ1) is 12.5. The summed E-state index contributed by atoms with van der Waals surface area (Å²) in [6, 6.07) is 8.25. The molecule has 0 saturated heterocycles. The highest BCUT2D eigenvalue weighted by atomic mass is 16.5. The Bertz CT molecular complexity index is 391. The molecule has 0 atom stereocenters. The molecule has 16 heavy (non-hydrogen) atoms. The summed E-state index contributed by atoms with van der Waals surface area (Å²) in [5.74, 6) is -0.239. The van der Waals surface area contributed by atoms with Crippen molar-refractivity contribution in [3.63, 3.8) is 0 Å². The minimum Gasteiger partial charge on any atom is -0.461 e. The highest BCUT2D eigenvalue weighted by molar-refractivity contribution is 5.66. The van der Waals surface area contributed by atoms with Crippen LogP contribution in [0.4, 0.5) is 0 Å². The summed E-state index contributed by atoms with van der Waals surface area (Å²) < 4.78 is 4.94. The fourth-order valence-corrected chi connectivity index (χ4v) is 1.52. The fraction of sp³-hybridized carbons (Fsp3) is 0.357. The zero-order valence-corrected chi connectivity index (χ0v) is 10.1. The van der Waals surface area contributed by atoms with E-state index in [4.69, 9.17) is 4.74 Å². The van der Waals surface area contributed by atoms with E-state index in [1.54, 1.807) is 0 Å². The monoisotopic (exact) mass is 218 g/mol. The molecule has 0 aliphatic rings. The van der Waals surface area contributed by atoms with E-state index in [0.717, 1.165) is 12.0 Å². The van der Waals surface area contributed by atoms with Crippen LogP contribution in [0.5, 0.6) is 0 Å². The summed E-state index contributed by atoms with van der Waals surface area (Å²) in [6.45, 7) is 5.89. The molecule has 1 aromatic rings. The Morgan fingerprint density at radius 2 is 2.00 bits per heavy atom. The van der Waals surface area contributed by atoms with Crippen molar-refractivity contribution in [1.82, 2.24) is 0 Å². The lowest BCUT2D eigenvalue weighted by Gasteiger charge is -2.05. The first-order valence-electron chi connectivity index (χ1n) is 5.52. The number of hydrogen-bond donors (Lipinski definition) is 0. The summed E-state index contributed by atoms with van der Waals surface area (Å²) in [5, 5.41) is 0. The van der Waals surface area contributed by atoms with Crippen LogP contribution in [0.15, 0.2) is 29.8 Å². The average molecular weight is 218 g/mol. The van der Waals surface area contributed by atoms with Gasteiger partial charge in [-0.25, -0.2) is 0 Å². The van der Waals surface area contributed by atoms with Gasteiger partial charge in [-0.2, -0.15) is 0 Å². The molecule has 1 rings (SSSR count). The minimum absolute atomic E-state index is 0.239. The van der Waals surface area contributed by atoms with E-state index in [2.05, 4.69) is 25.1 Å². The molecule has 0 aliphatic carbocycles. The number of carbonyl (C=O) groups is 1. The van der Waals surface area contributed by atoms with Crippen LogP contribution in [-0.4, -0.2) is 12.6 Å². The molecule has 1 aromatic carbocycles. The van der Waals surface area contributed by atoms with Gasteiger partial charge in [-0.15, -0.1) is 0 Å². The van der Waals surface area contributed by atoms with Gasteiger partial charge in [0.1, 0.15) is 6.61 Å². The van der Waals surface area contributed by atoms with Crippen molar-refractivity contribution in [3.05, 3.63) is 41.0 Å². The smallest absolute Gasteiger partial charge is 0.302 e. The van der Waals surface area contributed by atoms with Crippen LogP contribution < -0.4 is 0 Å². The first-order valence-corrected chi connectivity index (χ1v) is 5.52. The third-order valence-corrected chi connectivity index (χ3v) is 2.34. The molecule has 0 N–H and O–H groups in total. The molecule has 0 heterocycles. The van der Waals surface area contributed by atoms with Crippen LogP contribution in [0, 0.1) is 0 Å². The van der Waals surface area contributed by atoms with Crippen molar-refractivity contribution < 1.29 is 9.53 Å². The Morgan fingerprint density at radius 1 is 1.31 bits per heavy atom. The topological polar surface area (TPSA) is 26.3 Å². The van der Waals surface area contributed by atoms with Gasteiger partial charge in [-0.1, -0.05) is 37.3 Å². The molecule has 0 unspecified atom stereocenters. The average Bonchev–Trinajstić information content (AvgIpc) is 2.27. The van der Waals surface area contributed by atoms with E-state index in [1.165, 1.54) is 18.1 Å². The SMILES string of the molecule is CCc1ccccc1/C=C(\C)COC(C)=O. The van der Waals surface area contributed by atoms with Gasteiger partial charge < -0.3 is 4.74 Å². The molecule has 0 bridgehead atoms. The van der Waals surface area contributed by atoms with Crippen LogP contribution in [-0.2, 0) is 16.0 Å². The Hall–Kier alpha value is -1.57. The number of esters is 1. The van der Waals surface area contributed by atoms with Crippen molar-refractivity contribution in [2.45, 2.75) is 27.2 Å². The lowest BCUT2D eigenvalue weighted by molar-refractivity contribution is -0.139. The molecular weight excluding hydrogens is 200 g/mol. The Labute approximate surface area is 96.9 Å². The van der Waals surface area contributed by atoms with E-state index in [-0.39, 0.29) is 5.97 Å². The van der Waals surface area contributed by atoms with E-state index < -0.39 is 0 Å². The Balaban J connectivity index is 2.76. The summed E-state index contributed by atoms with van der Waals surface area (Å²) in [4.78, 5) is 10.7. The Kier molecular flexibility index (Phi) is 4.77. The van der Waals surface area contributed by atoms with Gasteiger partial charge in [0.15, 0.2) is 0 Å². The van der Waals surface area contributed by atoms with Gasteiger partial charge in [0.2, 0.25) is 0 Å². The van der Waals surface area contributed by atoms with Gasteiger partial charge in [-0.05, 0) is 30.0 Å². The number of benzene rings is 1. The predicted octanol–water partition coefficient (Wildman–Crippen LogP) is 3.22. The van der Waals surface area contributed by atoms with Gasteiger partial charge in [0.25, 0.3) is 0 Å². The quantitative estimate of drug-likeness (QED) is 0.725. The number of aryl methyl sites for hydroxylation is 1. The molecule has 2 nitrogen and oxygen atoms in total. The highest BCUT2D eigenvalue weighted by Gasteiger charge is 1.99.